The number of aromatic nitrogens is 1. The summed E-state index contributed by atoms with van der Waals surface area (Å²) in [4.78, 5) is 17.1. The van der Waals surface area contributed by atoms with Crippen LogP contribution in [0.2, 0.25) is 0 Å². The fourth-order valence-electron chi connectivity index (χ4n) is 2.37. The van der Waals surface area contributed by atoms with Gasteiger partial charge in [0, 0.05) is 26.2 Å². The molecule has 2 heterocycles. The Balaban J connectivity index is 2.24. The maximum Gasteiger partial charge on any atom is 0.224 e. The summed E-state index contributed by atoms with van der Waals surface area (Å²) in [5.74, 6) is 2.99. The summed E-state index contributed by atoms with van der Waals surface area (Å²) >= 11 is 0. The van der Waals surface area contributed by atoms with E-state index in [0.717, 1.165) is 18.9 Å². The maximum absolute atomic E-state index is 13.8. The Morgan fingerprint density at radius 2 is 2.25 bits per heavy atom. The van der Waals surface area contributed by atoms with Crippen LogP contribution < -0.4 is 21.5 Å². The first-order chi connectivity index (χ1) is 9.56. The molecule has 1 aliphatic heterocycles. The molecule has 0 bridgehead atoms. The van der Waals surface area contributed by atoms with Gasteiger partial charge in [-0.1, -0.05) is 0 Å². The number of carbonyl (C=O) groups excluding carboxylic acids is 1. The van der Waals surface area contributed by atoms with Gasteiger partial charge in [-0.15, -0.1) is 0 Å². The number of nitrogen functional groups attached to an aromatic ring is 1. The highest BCUT2D eigenvalue weighted by Crippen LogP contribution is 2.26. The number of pyridine rings is 1. The van der Waals surface area contributed by atoms with Crippen molar-refractivity contribution in [2.75, 3.05) is 30.5 Å². The average Bonchev–Trinajstić information content (AvgIpc) is 2.46. The molecule has 1 amide bonds. The van der Waals surface area contributed by atoms with E-state index in [0.29, 0.717) is 13.1 Å². The molecule has 0 aliphatic carbocycles. The molecule has 0 radical (unpaired) electrons. The van der Waals surface area contributed by atoms with E-state index in [1.54, 1.807) is 11.9 Å². The van der Waals surface area contributed by atoms with Crippen LogP contribution in [0.3, 0.4) is 0 Å². The van der Waals surface area contributed by atoms with Crippen LogP contribution in [-0.2, 0) is 4.79 Å². The lowest BCUT2D eigenvalue weighted by Crippen LogP contribution is -2.43. The Morgan fingerprint density at radius 1 is 1.50 bits per heavy atom. The van der Waals surface area contributed by atoms with Crippen LogP contribution in [0.15, 0.2) is 6.07 Å². The Kier molecular flexibility index (Phi) is 4.33. The summed E-state index contributed by atoms with van der Waals surface area (Å²) in [5.41, 5.74) is 2.09. The molecule has 1 unspecified atom stereocenters. The van der Waals surface area contributed by atoms with E-state index in [2.05, 4.69) is 15.7 Å². The van der Waals surface area contributed by atoms with Crippen LogP contribution in [0.25, 0.3) is 0 Å². The molecule has 0 aromatic carbocycles. The Morgan fingerprint density at radius 3 is 2.90 bits per heavy atom. The third-order valence-corrected chi connectivity index (χ3v) is 3.39. The smallest absolute Gasteiger partial charge is 0.224 e. The predicted molar refractivity (Wildman–Crippen MR) is 71.0 cm³/mol. The number of nitrogens with two attached hydrogens (primary N) is 1. The van der Waals surface area contributed by atoms with E-state index in [9.17, 15) is 13.6 Å². The summed E-state index contributed by atoms with van der Waals surface area (Å²) in [7, 11) is 1.56. The summed E-state index contributed by atoms with van der Waals surface area (Å²) in [6.07, 6.45) is 1.48. The van der Waals surface area contributed by atoms with Crippen LogP contribution in [0, 0.1) is 17.6 Å². The standard InChI is InChI=1S/C12H17F2N5O/c1-16-12(20)7-3-2-4-19(6-7)11-9(14)5-8(13)10(17-11)18-15/h5,7H,2-4,6,15H2,1H3,(H,16,20)(H,17,18). The van der Waals surface area contributed by atoms with Gasteiger partial charge < -0.3 is 15.6 Å². The lowest BCUT2D eigenvalue weighted by molar-refractivity contribution is -0.124. The molecule has 1 fully saturated rings. The molecule has 1 aliphatic rings. The number of hydrogen-bond acceptors (Lipinski definition) is 5. The second-order valence-electron chi connectivity index (χ2n) is 4.67. The first kappa shape index (κ1) is 14.4. The number of rotatable bonds is 3. The van der Waals surface area contributed by atoms with Crippen LogP contribution >= 0.6 is 0 Å². The molecule has 20 heavy (non-hydrogen) atoms. The number of anilines is 2. The first-order valence-electron chi connectivity index (χ1n) is 6.36. The van der Waals surface area contributed by atoms with Crippen molar-refractivity contribution in [3.8, 4) is 0 Å². The first-order valence-corrected chi connectivity index (χ1v) is 6.36. The zero-order chi connectivity index (χ0) is 14.7. The van der Waals surface area contributed by atoms with Crippen molar-refractivity contribution < 1.29 is 13.6 Å². The van der Waals surface area contributed by atoms with E-state index in [-0.39, 0.29) is 23.5 Å². The SMILES string of the molecule is CNC(=O)C1CCCN(c2nc(NN)c(F)cc2F)C1. The fraction of sp³-hybridized carbons (Fsp3) is 0.500. The zero-order valence-electron chi connectivity index (χ0n) is 11.1. The molecule has 0 saturated carbocycles. The fourth-order valence-corrected chi connectivity index (χ4v) is 2.37. The van der Waals surface area contributed by atoms with E-state index in [1.165, 1.54) is 0 Å². The molecule has 4 N–H and O–H groups in total. The quantitative estimate of drug-likeness (QED) is 0.560. The summed E-state index contributed by atoms with van der Waals surface area (Å²) < 4.78 is 27.2. The van der Waals surface area contributed by atoms with E-state index >= 15 is 0 Å². The highest BCUT2D eigenvalue weighted by molar-refractivity contribution is 5.79. The maximum atomic E-state index is 13.8. The molecule has 6 nitrogen and oxygen atoms in total. The van der Waals surface area contributed by atoms with Gasteiger partial charge >= 0.3 is 0 Å². The Hall–Kier alpha value is -1.96. The minimum atomic E-state index is -0.853. The molecule has 110 valence electrons. The van der Waals surface area contributed by atoms with Gasteiger partial charge in [-0.3, -0.25) is 4.79 Å². The third-order valence-electron chi connectivity index (χ3n) is 3.39. The number of nitrogens with zero attached hydrogens (tertiary/aromatic N) is 2. The van der Waals surface area contributed by atoms with Crippen LogP contribution in [0.4, 0.5) is 20.4 Å². The topological polar surface area (TPSA) is 83.3 Å². The van der Waals surface area contributed by atoms with Gasteiger partial charge in [0.25, 0.3) is 0 Å². The van der Waals surface area contributed by atoms with Gasteiger partial charge in [0.05, 0.1) is 5.92 Å². The number of carbonyl (C=O) groups is 1. The van der Waals surface area contributed by atoms with Crippen LogP contribution in [0.5, 0.6) is 0 Å². The molecular formula is C12H17F2N5O. The van der Waals surface area contributed by atoms with E-state index < -0.39 is 11.6 Å². The van der Waals surface area contributed by atoms with Gasteiger partial charge in [0.2, 0.25) is 5.91 Å². The van der Waals surface area contributed by atoms with Gasteiger partial charge in [-0.2, -0.15) is 0 Å². The van der Waals surface area contributed by atoms with Crippen molar-refractivity contribution in [3.05, 3.63) is 17.7 Å². The molecule has 1 aromatic heterocycles. The minimum Gasteiger partial charge on any atom is -0.359 e. The van der Waals surface area contributed by atoms with E-state index in [4.69, 9.17) is 5.84 Å². The number of nitrogens with one attached hydrogen (secondary N) is 2. The molecule has 1 saturated heterocycles. The number of hydrogen-bond donors (Lipinski definition) is 3. The molecule has 1 atom stereocenters. The van der Waals surface area contributed by atoms with Gasteiger partial charge in [-0.25, -0.2) is 19.6 Å². The largest absolute Gasteiger partial charge is 0.359 e. The number of halogens is 2. The summed E-state index contributed by atoms with van der Waals surface area (Å²) in [5, 5.41) is 2.58. The lowest BCUT2D eigenvalue weighted by atomic mass is 9.97. The summed E-state index contributed by atoms with van der Waals surface area (Å²) in [6.45, 7) is 0.909. The average molecular weight is 285 g/mol. The minimum absolute atomic E-state index is 0.00736. The van der Waals surface area contributed by atoms with Crippen LogP contribution in [-0.4, -0.2) is 31.0 Å². The summed E-state index contributed by atoms with van der Waals surface area (Å²) in [6, 6.07) is 0.737. The van der Waals surface area contributed by atoms with Crippen LogP contribution in [0.1, 0.15) is 12.8 Å². The zero-order valence-corrected chi connectivity index (χ0v) is 11.1. The van der Waals surface area contributed by atoms with Gasteiger partial charge in [-0.05, 0) is 12.8 Å². The number of hydrazine groups is 1. The van der Waals surface area contributed by atoms with Crippen molar-refractivity contribution in [1.82, 2.24) is 10.3 Å². The van der Waals surface area contributed by atoms with Crippen molar-refractivity contribution in [1.29, 1.82) is 0 Å². The molecule has 8 heteroatoms. The highest BCUT2D eigenvalue weighted by atomic mass is 19.1. The molecular weight excluding hydrogens is 268 g/mol. The number of amides is 1. The molecule has 2 rings (SSSR count). The van der Waals surface area contributed by atoms with Gasteiger partial charge in [0.1, 0.15) is 0 Å². The lowest BCUT2D eigenvalue weighted by Gasteiger charge is -2.33. The van der Waals surface area contributed by atoms with E-state index in [1.807, 2.05) is 0 Å². The highest BCUT2D eigenvalue weighted by Gasteiger charge is 2.28. The van der Waals surface area contributed by atoms with Crippen molar-refractivity contribution in [2.45, 2.75) is 12.8 Å². The molecule has 1 aromatic rings. The second kappa shape index (κ2) is 6.00. The Labute approximate surface area is 115 Å². The van der Waals surface area contributed by atoms with Gasteiger partial charge in [0.15, 0.2) is 23.3 Å². The predicted octanol–water partition coefficient (Wildman–Crippen LogP) is 0.608. The normalized spacial score (nSPS) is 18.8. The van der Waals surface area contributed by atoms with Crippen molar-refractivity contribution >= 4 is 17.5 Å². The second-order valence-corrected chi connectivity index (χ2v) is 4.67. The number of piperidine rings is 1. The third kappa shape index (κ3) is 2.79. The molecule has 0 spiro atoms. The monoisotopic (exact) mass is 285 g/mol. The Bertz CT molecular complexity index is 511. The van der Waals surface area contributed by atoms with Crippen molar-refractivity contribution in [2.24, 2.45) is 11.8 Å². The van der Waals surface area contributed by atoms with Crippen molar-refractivity contribution in [3.63, 3.8) is 0 Å².